The number of esters is 1. The fraction of sp³-hybridized carbons (Fsp3) is 0.222. The predicted molar refractivity (Wildman–Crippen MR) is 88.4 cm³/mol. The topological polar surface area (TPSA) is 79.1 Å². The van der Waals surface area contributed by atoms with E-state index in [1.165, 1.54) is 31.3 Å². The number of para-hydroxylation sites is 1. The number of halogens is 3. The van der Waals surface area contributed by atoms with Crippen LogP contribution in [0.25, 0.3) is 0 Å². The molecule has 0 spiro atoms. The number of phenolic OH excluding ortho intramolecular Hbond substituents is 1. The number of carbonyl (C=O) groups excluding carboxylic acids is 1. The Kier molecular flexibility index (Phi) is 5.66. The van der Waals surface area contributed by atoms with E-state index in [2.05, 4.69) is 9.73 Å². The lowest BCUT2D eigenvalue weighted by Crippen LogP contribution is -2.50. The minimum absolute atomic E-state index is 0.00151. The van der Waals surface area contributed by atoms with Crippen LogP contribution in [0.15, 0.2) is 53.5 Å². The van der Waals surface area contributed by atoms with Crippen molar-refractivity contribution in [3.8, 4) is 5.75 Å². The molecule has 0 amide bonds. The summed E-state index contributed by atoms with van der Waals surface area (Å²) in [6.07, 6.45) is -3.91. The lowest BCUT2D eigenvalue weighted by molar-refractivity contribution is -0.267. The average molecular weight is 367 g/mol. The van der Waals surface area contributed by atoms with Gasteiger partial charge in [-0.15, -0.1) is 0 Å². The van der Waals surface area contributed by atoms with Crippen LogP contribution in [0.2, 0.25) is 0 Å². The Morgan fingerprint density at radius 2 is 1.77 bits per heavy atom. The number of carbonyl (C=O) groups is 1. The summed E-state index contributed by atoms with van der Waals surface area (Å²) >= 11 is 0. The maximum absolute atomic E-state index is 13.3. The molecule has 26 heavy (non-hydrogen) atoms. The highest BCUT2D eigenvalue weighted by Gasteiger charge is 2.62. The average Bonchev–Trinajstić information content (AvgIpc) is 2.60. The molecule has 2 rings (SSSR count). The van der Waals surface area contributed by atoms with Crippen LogP contribution in [0.4, 0.5) is 18.9 Å². The third kappa shape index (κ3) is 3.85. The van der Waals surface area contributed by atoms with Crippen molar-refractivity contribution in [3.05, 3.63) is 59.7 Å². The van der Waals surface area contributed by atoms with Crippen molar-refractivity contribution in [2.75, 3.05) is 6.61 Å². The highest BCUT2D eigenvalue weighted by Crippen LogP contribution is 2.40. The highest BCUT2D eigenvalue weighted by molar-refractivity contribution is 5.85. The molecule has 0 unspecified atom stereocenters. The summed E-state index contributed by atoms with van der Waals surface area (Å²) in [6.45, 7) is 1.03. The van der Waals surface area contributed by atoms with E-state index in [0.717, 1.165) is 12.1 Å². The number of nitrogens with zero attached hydrogens (tertiary/aromatic N) is 1. The van der Waals surface area contributed by atoms with Crippen LogP contribution < -0.4 is 0 Å². The molecule has 2 N–H and O–H groups in total. The van der Waals surface area contributed by atoms with Crippen LogP contribution in [0, 0.1) is 0 Å². The maximum Gasteiger partial charge on any atom is 0.432 e. The number of hydrogen-bond acceptors (Lipinski definition) is 5. The fourth-order valence-corrected chi connectivity index (χ4v) is 2.16. The van der Waals surface area contributed by atoms with Crippen molar-refractivity contribution in [2.24, 2.45) is 4.99 Å². The van der Waals surface area contributed by atoms with Crippen molar-refractivity contribution in [2.45, 2.75) is 18.7 Å². The van der Waals surface area contributed by atoms with Gasteiger partial charge in [-0.3, -0.25) is 4.99 Å². The minimum atomic E-state index is -5.25. The van der Waals surface area contributed by atoms with Gasteiger partial charge in [-0.05, 0) is 31.2 Å². The van der Waals surface area contributed by atoms with Gasteiger partial charge in [0.1, 0.15) is 5.75 Å². The molecule has 0 saturated heterocycles. The van der Waals surface area contributed by atoms with Crippen LogP contribution in [0.1, 0.15) is 18.1 Å². The molecular formula is C18H16F3NO4. The van der Waals surface area contributed by atoms with Gasteiger partial charge >= 0.3 is 12.1 Å². The van der Waals surface area contributed by atoms with Crippen molar-refractivity contribution < 1.29 is 32.9 Å². The molecule has 0 radical (unpaired) electrons. The van der Waals surface area contributed by atoms with Gasteiger partial charge in [0.2, 0.25) is 0 Å². The molecule has 0 saturated carbocycles. The second kappa shape index (κ2) is 7.57. The maximum atomic E-state index is 13.3. The lowest BCUT2D eigenvalue weighted by Gasteiger charge is -2.28. The molecule has 2 aromatic rings. The molecule has 1 atom stereocenters. The first kappa shape index (κ1) is 19.5. The molecule has 8 heteroatoms. The zero-order valence-electron chi connectivity index (χ0n) is 13.7. The van der Waals surface area contributed by atoms with Crippen LogP contribution in [0.5, 0.6) is 5.75 Å². The van der Waals surface area contributed by atoms with E-state index in [0.29, 0.717) is 5.56 Å². The molecule has 0 bridgehead atoms. The Hall–Kier alpha value is -2.87. The van der Waals surface area contributed by atoms with E-state index in [-0.39, 0.29) is 18.0 Å². The molecule has 0 aromatic heterocycles. The van der Waals surface area contributed by atoms with Gasteiger partial charge in [-0.1, -0.05) is 24.3 Å². The third-order valence-electron chi connectivity index (χ3n) is 3.56. The second-order valence-corrected chi connectivity index (χ2v) is 5.29. The summed E-state index contributed by atoms with van der Waals surface area (Å²) in [5.74, 6) is -1.79. The number of alkyl halides is 3. The number of phenols is 1. The molecule has 0 aliphatic rings. The first-order chi connectivity index (χ1) is 12.2. The smallest absolute Gasteiger partial charge is 0.432 e. The SMILES string of the molecule is CCOC(=O)[C@](O)(c1ccc(N=Cc2ccccc2O)cc1)C(F)(F)F. The van der Waals surface area contributed by atoms with Gasteiger partial charge in [0, 0.05) is 17.3 Å². The van der Waals surface area contributed by atoms with Gasteiger partial charge in [-0.25, -0.2) is 4.79 Å². The molecule has 0 aliphatic carbocycles. The number of rotatable bonds is 5. The van der Waals surface area contributed by atoms with Gasteiger partial charge in [-0.2, -0.15) is 13.2 Å². The van der Waals surface area contributed by atoms with E-state index in [1.807, 2.05) is 0 Å². The lowest BCUT2D eigenvalue weighted by atomic mass is 9.93. The Morgan fingerprint density at radius 3 is 2.31 bits per heavy atom. The Labute approximate surface area is 147 Å². The van der Waals surface area contributed by atoms with Gasteiger partial charge < -0.3 is 14.9 Å². The summed E-state index contributed by atoms with van der Waals surface area (Å²) in [5.41, 5.74) is -3.74. The third-order valence-corrected chi connectivity index (χ3v) is 3.56. The number of aliphatic imine (C=N–C) groups is 1. The van der Waals surface area contributed by atoms with Gasteiger partial charge in [0.05, 0.1) is 12.3 Å². The highest BCUT2D eigenvalue weighted by atomic mass is 19.4. The van der Waals surface area contributed by atoms with Gasteiger partial charge in [0.25, 0.3) is 5.60 Å². The number of aliphatic hydroxyl groups is 1. The summed E-state index contributed by atoms with van der Waals surface area (Å²) in [5, 5.41) is 19.6. The van der Waals surface area contributed by atoms with Crippen molar-refractivity contribution in [1.29, 1.82) is 0 Å². The quantitative estimate of drug-likeness (QED) is 0.627. The van der Waals surface area contributed by atoms with Gasteiger partial charge in [0.15, 0.2) is 0 Å². The van der Waals surface area contributed by atoms with Crippen molar-refractivity contribution in [3.63, 3.8) is 0 Å². The summed E-state index contributed by atoms with van der Waals surface area (Å²) in [7, 11) is 0. The van der Waals surface area contributed by atoms with Crippen LogP contribution in [0.3, 0.4) is 0 Å². The number of benzene rings is 2. The summed E-state index contributed by atoms with van der Waals surface area (Å²) in [6, 6.07) is 10.7. The number of aromatic hydroxyl groups is 1. The first-order valence-electron chi connectivity index (χ1n) is 7.59. The molecular weight excluding hydrogens is 351 g/mol. The van der Waals surface area contributed by atoms with E-state index < -0.39 is 23.3 Å². The monoisotopic (exact) mass is 367 g/mol. The molecule has 2 aromatic carbocycles. The molecule has 0 fully saturated rings. The zero-order valence-corrected chi connectivity index (χ0v) is 13.7. The summed E-state index contributed by atoms with van der Waals surface area (Å²) in [4.78, 5) is 15.7. The van der Waals surface area contributed by atoms with Crippen LogP contribution in [-0.2, 0) is 15.1 Å². The summed E-state index contributed by atoms with van der Waals surface area (Å²) < 4.78 is 44.2. The van der Waals surface area contributed by atoms with E-state index >= 15 is 0 Å². The minimum Gasteiger partial charge on any atom is -0.507 e. The molecule has 5 nitrogen and oxygen atoms in total. The Morgan fingerprint density at radius 1 is 1.15 bits per heavy atom. The fourth-order valence-electron chi connectivity index (χ4n) is 2.16. The van der Waals surface area contributed by atoms with E-state index in [1.54, 1.807) is 18.2 Å². The van der Waals surface area contributed by atoms with E-state index in [9.17, 15) is 28.2 Å². The standard InChI is InChI=1S/C18H16F3NO4/c1-2-26-16(24)17(25,18(19,20)21)13-7-9-14(10-8-13)22-11-12-5-3-4-6-15(12)23/h3-11,23,25H,2H2,1H3/t17-/m1/s1. The van der Waals surface area contributed by atoms with E-state index in [4.69, 9.17) is 0 Å². The molecule has 0 heterocycles. The molecule has 138 valence electrons. The van der Waals surface area contributed by atoms with Crippen LogP contribution >= 0.6 is 0 Å². The van der Waals surface area contributed by atoms with Crippen molar-refractivity contribution >= 4 is 17.9 Å². The number of hydrogen-bond donors (Lipinski definition) is 2. The largest absolute Gasteiger partial charge is 0.507 e. The second-order valence-electron chi connectivity index (χ2n) is 5.29. The first-order valence-corrected chi connectivity index (χ1v) is 7.59. The van der Waals surface area contributed by atoms with Crippen molar-refractivity contribution in [1.82, 2.24) is 0 Å². The Bertz CT molecular complexity index is 803. The Balaban J connectivity index is 2.32. The number of ether oxygens (including phenoxy) is 1. The predicted octanol–water partition coefficient (Wildman–Crippen LogP) is 3.46. The molecule has 0 aliphatic heterocycles. The van der Waals surface area contributed by atoms with Crippen LogP contribution in [-0.4, -0.2) is 35.2 Å². The normalized spacial score (nSPS) is 14.2. The zero-order chi connectivity index (χ0) is 19.4.